The van der Waals surface area contributed by atoms with Crippen LogP contribution in [0.2, 0.25) is 0 Å². The topological polar surface area (TPSA) is 32.3 Å². The molecule has 0 aromatic rings. The van der Waals surface area contributed by atoms with Gasteiger partial charge in [-0.3, -0.25) is 4.79 Å². The van der Waals surface area contributed by atoms with Crippen molar-refractivity contribution in [1.29, 1.82) is 0 Å². The van der Waals surface area contributed by atoms with E-state index in [0.717, 1.165) is 26.2 Å². The van der Waals surface area contributed by atoms with Crippen molar-refractivity contribution in [1.82, 2.24) is 10.2 Å². The Kier molecular flexibility index (Phi) is 14.4. The minimum absolute atomic E-state index is 0.276. The predicted molar refractivity (Wildman–Crippen MR) is 88.0 cm³/mol. The highest BCUT2D eigenvalue weighted by Gasteiger charge is 2.07. The van der Waals surface area contributed by atoms with Gasteiger partial charge in [0.2, 0.25) is 5.91 Å². The van der Waals surface area contributed by atoms with Crippen LogP contribution >= 0.6 is 0 Å². The van der Waals surface area contributed by atoms with E-state index in [4.69, 9.17) is 0 Å². The van der Waals surface area contributed by atoms with Crippen molar-refractivity contribution in [2.45, 2.75) is 78.6 Å². The maximum absolute atomic E-state index is 11.8. The minimum Gasteiger partial charge on any atom is -0.343 e. The van der Waals surface area contributed by atoms with Crippen LogP contribution in [0, 0.1) is 0 Å². The van der Waals surface area contributed by atoms with Gasteiger partial charge in [-0.25, -0.2) is 0 Å². The molecule has 120 valence electrons. The molecule has 0 bridgehead atoms. The molecule has 1 amide bonds. The van der Waals surface area contributed by atoms with E-state index < -0.39 is 0 Å². The molecule has 0 aliphatic carbocycles. The van der Waals surface area contributed by atoms with Crippen molar-refractivity contribution in [3.8, 4) is 0 Å². The second kappa shape index (κ2) is 14.8. The van der Waals surface area contributed by atoms with Crippen molar-refractivity contribution >= 4 is 5.91 Å². The molecule has 0 rings (SSSR count). The summed E-state index contributed by atoms with van der Waals surface area (Å²) < 4.78 is 0. The van der Waals surface area contributed by atoms with E-state index in [1.807, 2.05) is 18.7 Å². The van der Waals surface area contributed by atoms with Gasteiger partial charge < -0.3 is 10.2 Å². The second-order valence-electron chi connectivity index (χ2n) is 5.54. The van der Waals surface area contributed by atoms with E-state index >= 15 is 0 Å². The Morgan fingerprint density at radius 3 is 1.90 bits per heavy atom. The van der Waals surface area contributed by atoms with Crippen LogP contribution < -0.4 is 5.32 Å². The number of unbranched alkanes of at least 4 members (excludes halogenated alkanes) is 7. The zero-order valence-electron chi connectivity index (χ0n) is 14.0. The molecule has 0 radical (unpaired) electrons. The van der Waals surface area contributed by atoms with Crippen LogP contribution in [-0.4, -0.2) is 37.0 Å². The Balaban J connectivity index is 3.22. The van der Waals surface area contributed by atoms with Crippen molar-refractivity contribution in [3.05, 3.63) is 0 Å². The second-order valence-corrected chi connectivity index (χ2v) is 5.54. The SMILES string of the molecule is CCCCCCCCCCNCCC(=O)N(CC)CC. The quantitative estimate of drug-likeness (QED) is 0.489. The fourth-order valence-electron chi connectivity index (χ4n) is 2.44. The van der Waals surface area contributed by atoms with Crippen LogP contribution in [0.15, 0.2) is 0 Å². The molecule has 0 spiro atoms. The average molecular weight is 284 g/mol. The summed E-state index contributed by atoms with van der Waals surface area (Å²) in [6, 6.07) is 0. The summed E-state index contributed by atoms with van der Waals surface area (Å²) in [6.07, 6.45) is 11.5. The normalized spacial score (nSPS) is 10.8. The number of amides is 1. The molecule has 0 saturated heterocycles. The number of hydrogen-bond acceptors (Lipinski definition) is 2. The van der Waals surface area contributed by atoms with Gasteiger partial charge in [0.15, 0.2) is 0 Å². The van der Waals surface area contributed by atoms with Crippen molar-refractivity contribution < 1.29 is 4.79 Å². The standard InChI is InChI=1S/C17H36N2O/c1-4-7-8-9-10-11-12-13-15-18-16-14-17(20)19(5-2)6-3/h18H,4-16H2,1-3H3. The lowest BCUT2D eigenvalue weighted by atomic mass is 10.1. The van der Waals surface area contributed by atoms with Crippen LogP contribution in [0.25, 0.3) is 0 Å². The maximum Gasteiger partial charge on any atom is 0.223 e. The number of carbonyl (C=O) groups excluding carboxylic acids is 1. The van der Waals surface area contributed by atoms with Crippen molar-refractivity contribution in [2.24, 2.45) is 0 Å². The molecule has 0 aliphatic heterocycles. The third-order valence-electron chi connectivity index (χ3n) is 3.84. The van der Waals surface area contributed by atoms with E-state index in [-0.39, 0.29) is 5.91 Å². The van der Waals surface area contributed by atoms with E-state index in [0.29, 0.717) is 6.42 Å². The van der Waals surface area contributed by atoms with Crippen LogP contribution in [0.4, 0.5) is 0 Å². The van der Waals surface area contributed by atoms with E-state index in [1.54, 1.807) is 0 Å². The molecule has 0 aromatic heterocycles. The molecule has 0 unspecified atom stereocenters. The number of rotatable bonds is 14. The Bertz CT molecular complexity index is 215. The summed E-state index contributed by atoms with van der Waals surface area (Å²) in [7, 11) is 0. The first-order valence-electron chi connectivity index (χ1n) is 8.74. The van der Waals surface area contributed by atoms with Gasteiger partial charge in [-0.1, -0.05) is 51.9 Å². The van der Waals surface area contributed by atoms with Crippen molar-refractivity contribution in [3.63, 3.8) is 0 Å². The summed E-state index contributed by atoms with van der Waals surface area (Å²) in [5.74, 6) is 0.276. The Hall–Kier alpha value is -0.570. The van der Waals surface area contributed by atoms with Crippen LogP contribution in [0.3, 0.4) is 0 Å². The van der Waals surface area contributed by atoms with E-state index in [9.17, 15) is 4.79 Å². The first-order chi connectivity index (χ1) is 9.76. The van der Waals surface area contributed by atoms with Gasteiger partial charge in [-0.05, 0) is 26.8 Å². The molecule has 0 aromatic carbocycles. The minimum atomic E-state index is 0.276. The van der Waals surface area contributed by atoms with Crippen molar-refractivity contribution in [2.75, 3.05) is 26.2 Å². The van der Waals surface area contributed by atoms with Gasteiger partial charge in [0.05, 0.1) is 0 Å². The lowest BCUT2D eigenvalue weighted by Gasteiger charge is -2.18. The number of carbonyl (C=O) groups is 1. The smallest absolute Gasteiger partial charge is 0.223 e. The fourth-order valence-corrected chi connectivity index (χ4v) is 2.44. The summed E-state index contributed by atoms with van der Waals surface area (Å²) in [4.78, 5) is 13.7. The van der Waals surface area contributed by atoms with E-state index in [1.165, 1.54) is 51.4 Å². The summed E-state index contributed by atoms with van der Waals surface area (Å²) in [5.41, 5.74) is 0. The zero-order chi connectivity index (χ0) is 15.1. The highest BCUT2D eigenvalue weighted by Crippen LogP contribution is 2.07. The number of nitrogens with one attached hydrogen (secondary N) is 1. The zero-order valence-corrected chi connectivity index (χ0v) is 14.0. The first kappa shape index (κ1) is 19.4. The van der Waals surface area contributed by atoms with Crippen LogP contribution in [0.1, 0.15) is 78.6 Å². The lowest BCUT2D eigenvalue weighted by Crippen LogP contribution is -2.33. The molecule has 1 N–H and O–H groups in total. The average Bonchev–Trinajstić information content (AvgIpc) is 2.46. The molecule has 0 saturated carbocycles. The molecule has 3 heteroatoms. The van der Waals surface area contributed by atoms with Gasteiger partial charge >= 0.3 is 0 Å². The highest BCUT2D eigenvalue weighted by atomic mass is 16.2. The third kappa shape index (κ3) is 11.3. The molecule has 20 heavy (non-hydrogen) atoms. The van der Waals surface area contributed by atoms with Gasteiger partial charge in [0.25, 0.3) is 0 Å². The van der Waals surface area contributed by atoms with Gasteiger partial charge in [0.1, 0.15) is 0 Å². The molecular formula is C17H36N2O. The summed E-state index contributed by atoms with van der Waals surface area (Å²) in [6.45, 7) is 9.87. The highest BCUT2D eigenvalue weighted by molar-refractivity contribution is 5.76. The maximum atomic E-state index is 11.8. The number of nitrogens with zero attached hydrogens (tertiary/aromatic N) is 1. The van der Waals surface area contributed by atoms with Crippen LogP contribution in [-0.2, 0) is 4.79 Å². The summed E-state index contributed by atoms with van der Waals surface area (Å²) >= 11 is 0. The molecular weight excluding hydrogens is 248 g/mol. The van der Waals surface area contributed by atoms with Gasteiger partial charge in [-0.2, -0.15) is 0 Å². The van der Waals surface area contributed by atoms with E-state index in [2.05, 4.69) is 12.2 Å². The molecule has 0 aliphatic rings. The largest absolute Gasteiger partial charge is 0.343 e. The lowest BCUT2D eigenvalue weighted by molar-refractivity contribution is -0.130. The first-order valence-corrected chi connectivity index (χ1v) is 8.74. The molecule has 3 nitrogen and oxygen atoms in total. The third-order valence-corrected chi connectivity index (χ3v) is 3.84. The molecule has 0 atom stereocenters. The van der Waals surface area contributed by atoms with Gasteiger partial charge in [0, 0.05) is 26.1 Å². The monoisotopic (exact) mass is 284 g/mol. The Morgan fingerprint density at radius 2 is 1.35 bits per heavy atom. The molecule has 0 fully saturated rings. The predicted octanol–water partition coefficient (Wildman–Crippen LogP) is 3.98. The molecule has 0 heterocycles. The summed E-state index contributed by atoms with van der Waals surface area (Å²) in [5, 5.41) is 3.38. The Labute approximate surface area is 126 Å². The number of hydrogen-bond donors (Lipinski definition) is 1. The fraction of sp³-hybridized carbons (Fsp3) is 0.941. The van der Waals surface area contributed by atoms with Crippen LogP contribution in [0.5, 0.6) is 0 Å². The van der Waals surface area contributed by atoms with Gasteiger partial charge in [-0.15, -0.1) is 0 Å². The Morgan fingerprint density at radius 1 is 0.800 bits per heavy atom.